The number of rotatable bonds is 5. The molecular formula is C52H34N2. The van der Waals surface area contributed by atoms with Gasteiger partial charge in [0.15, 0.2) is 0 Å². The first-order valence-corrected chi connectivity index (χ1v) is 18.6. The van der Waals surface area contributed by atoms with Gasteiger partial charge in [0.1, 0.15) is 0 Å². The van der Waals surface area contributed by atoms with E-state index in [1.54, 1.807) is 0 Å². The molecule has 0 saturated carbocycles. The smallest absolute Gasteiger partial charge is 0.0619 e. The van der Waals surface area contributed by atoms with Gasteiger partial charge in [-0.2, -0.15) is 0 Å². The highest BCUT2D eigenvalue weighted by atomic mass is 15.0. The van der Waals surface area contributed by atoms with Gasteiger partial charge < -0.3 is 9.13 Å². The van der Waals surface area contributed by atoms with E-state index in [1.165, 1.54) is 87.8 Å². The molecule has 252 valence electrons. The molecule has 9 aromatic carbocycles. The van der Waals surface area contributed by atoms with E-state index < -0.39 is 0 Å². The van der Waals surface area contributed by atoms with E-state index in [0.29, 0.717) is 0 Å². The van der Waals surface area contributed by atoms with Crippen molar-refractivity contribution < 1.29 is 0 Å². The Morgan fingerprint density at radius 1 is 0.278 bits per heavy atom. The Morgan fingerprint density at radius 2 is 0.815 bits per heavy atom. The first-order valence-electron chi connectivity index (χ1n) is 18.6. The summed E-state index contributed by atoms with van der Waals surface area (Å²) in [4.78, 5) is 0. The normalized spacial score (nSPS) is 11.7. The quantitative estimate of drug-likeness (QED) is 0.171. The van der Waals surface area contributed by atoms with Crippen LogP contribution in [-0.2, 0) is 0 Å². The summed E-state index contributed by atoms with van der Waals surface area (Å²) < 4.78 is 4.89. The molecule has 54 heavy (non-hydrogen) atoms. The molecule has 0 atom stereocenters. The molecule has 0 aliphatic carbocycles. The Morgan fingerprint density at radius 3 is 1.63 bits per heavy atom. The average molecular weight is 687 g/mol. The van der Waals surface area contributed by atoms with Crippen LogP contribution in [0.3, 0.4) is 0 Å². The third-order valence-corrected chi connectivity index (χ3v) is 11.1. The second-order valence-corrected chi connectivity index (χ2v) is 14.1. The Hall–Kier alpha value is -7.16. The van der Waals surface area contributed by atoms with Gasteiger partial charge in [0.2, 0.25) is 0 Å². The number of hydrogen-bond donors (Lipinski definition) is 0. The predicted molar refractivity (Wildman–Crippen MR) is 229 cm³/mol. The summed E-state index contributed by atoms with van der Waals surface area (Å²) in [6, 6.07) is 75.2. The zero-order chi connectivity index (χ0) is 35.6. The molecule has 0 radical (unpaired) electrons. The zero-order valence-electron chi connectivity index (χ0n) is 29.5. The van der Waals surface area contributed by atoms with Crippen molar-refractivity contribution in [1.82, 2.24) is 9.13 Å². The second-order valence-electron chi connectivity index (χ2n) is 14.1. The third-order valence-electron chi connectivity index (χ3n) is 11.1. The van der Waals surface area contributed by atoms with E-state index in [2.05, 4.69) is 215 Å². The van der Waals surface area contributed by atoms with Gasteiger partial charge in [-0.15, -0.1) is 0 Å². The van der Waals surface area contributed by atoms with Crippen molar-refractivity contribution in [3.05, 3.63) is 206 Å². The van der Waals surface area contributed by atoms with Gasteiger partial charge in [0, 0.05) is 38.4 Å². The van der Waals surface area contributed by atoms with Crippen LogP contribution in [0.1, 0.15) is 0 Å². The van der Waals surface area contributed by atoms with Gasteiger partial charge in [0.25, 0.3) is 0 Å². The maximum absolute atomic E-state index is 2.46. The minimum Gasteiger partial charge on any atom is -0.309 e. The first kappa shape index (κ1) is 30.5. The molecule has 0 spiro atoms. The lowest BCUT2D eigenvalue weighted by molar-refractivity contribution is 1.18. The molecule has 2 aromatic heterocycles. The Balaban J connectivity index is 1.14. The summed E-state index contributed by atoms with van der Waals surface area (Å²) in [5, 5.41) is 7.51. The van der Waals surface area contributed by atoms with Crippen LogP contribution in [0, 0.1) is 0 Å². The lowest BCUT2D eigenvalue weighted by atomic mass is 9.92. The van der Waals surface area contributed by atoms with Crippen LogP contribution in [0.4, 0.5) is 0 Å². The molecule has 0 N–H and O–H groups in total. The first-order chi connectivity index (χ1) is 26.8. The molecule has 2 nitrogen and oxygen atoms in total. The summed E-state index contributed by atoms with van der Waals surface area (Å²) in [5.41, 5.74) is 14.4. The van der Waals surface area contributed by atoms with E-state index >= 15 is 0 Å². The fraction of sp³-hybridized carbons (Fsp3) is 0. The second kappa shape index (κ2) is 12.2. The molecule has 11 aromatic rings. The average Bonchev–Trinajstić information content (AvgIpc) is 3.76. The molecule has 0 bridgehead atoms. The molecular weight excluding hydrogens is 653 g/mol. The van der Waals surface area contributed by atoms with Gasteiger partial charge in [-0.1, -0.05) is 158 Å². The fourth-order valence-electron chi connectivity index (χ4n) is 8.71. The molecule has 0 fully saturated rings. The molecule has 2 heterocycles. The number of hydrogen-bond acceptors (Lipinski definition) is 0. The molecule has 2 heteroatoms. The maximum Gasteiger partial charge on any atom is 0.0619 e. The monoisotopic (exact) mass is 686 g/mol. The van der Waals surface area contributed by atoms with E-state index in [9.17, 15) is 0 Å². The Kier molecular flexibility index (Phi) is 6.90. The molecule has 0 saturated heterocycles. The summed E-state index contributed by atoms with van der Waals surface area (Å²) >= 11 is 0. The summed E-state index contributed by atoms with van der Waals surface area (Å²) in [6.07, 6.45) is 0. The van der Waals surface area contributed by atoms with Crippen molar-refractivity contribution in [1.29, 1.82) is 0 Å². The minimum atomic E-state index is 1.15. The highest BCUT2D eigenvalue weighted by Crippen LogP contribution is 2.44. The lowest BCUT2D eigenvalue weighted by Crippen LogP contribution is -1.99. The van der Waals surface area contributed by atoms with Crippen LogP contribution in [0.15, 0.2) is 206 Å². The van der Waals surface area contributed by atoms with Crippen molar-refractivity contribution in [2.75, 3.05) is 0 Å². The van der Waals surface area contributed by atoms with E-state index in [0.717, 1.165) is 11.4 Å². The Bertz CT molecular complexity index is 3220. The van der Waals surface area contributed by atoms with Crippen molar-refractivity contribution in [3.63, 3.8) is 0 Å². The highest BCUT2D eigenvalue weighted by molar-refractivity contribution is 6.15. The zero-order valence-corrected chi connectivity index (χ0v) is 29.5. The summed E-state index contributed by atoms with van der Waals surface area (Å²) in [7, 11) is 0. The van der Waals surface area contributed by atoms with Crippen LogP contribution in [0.2, 0.25) is 0 Å². The van der Waals surface area contributed by atoms with Crippen LogP contribution in [-0.4, -0.2) is 9.13 Å². The minimum absolute atomic E-state index is 1.15. The number of fused-ring (bicyclic) bond motifs is 7. The summed E-state index contributed by atoms with van der Waals surface area (Å²) in [6.45, 7) is 0. The molecule has 0 aliphatic heterocycles. The van der Waals surface area contributed by atoms with Crippen molar-refractivity contribution >= 4 is 54.4 Å². The van der Waals surface area contributed by atoms with Crippen molar-refractivity contribution in [2.45, 2.75) is 0 Å². The van der Waals surface area contributed by atoms with Crippen LogP contribution >= 0.6 is 0 Å². The van der Waals surface area contributed by atoms with E-state index in [1.807, 2.05) is 0 Å². The number of nitrogens with zero attached hydrogens (tertiary/aromatic N) is 2. The standard InChI is InChI=1S/C52H34N2/c1-2-17-39(18-3-1)53-48-26-11-9-22-43(48)46-25-14-24-45(52(46)53)41-20-7-6-19-40(41)42-21-8-12-27-49(42)54-50-28-13-10-23-44(50)47-34-38(31-32-51(47)54)37-30-29-35-15-4-5-16-36(35)33-37/h1-34H. The third kappa shape index (κ3) is 4.67. The van der Waals surface area contributed by atoms with E-state index in [-0.39, 0.29) is 0 Å². The topological polar surface area (TPSA) is 9.86 Å². The summed E-state index contributed by atoms with van der Waals surface area (Å²) in [5.74, 6) is 0. The molecule has 11 rings (SSSR count). The highest BCUT2D eigenvalue weighted by Gasteiger charge is 2.21. The van der Waals surface area contributed by atoms with Crippen molar-refractivity contribution in [2.24, 2.45) is 0 Å². The molecule has 0 aliphatic rings. The van der Waals surface area contributed by atoms with E-state index in [4.69, 9.17) is 0 Å². The number of aromatic nitrogens is 2. The SMILES string of the molecule is c1ccc(-n2c3ccccc3c3cccc(-c4ccccc4-c4ccccc4-n4c5ccccc5c5cc(-c6ccc7ccccc7c6)ccc54)c32)cc1. The number of para-hydroxylation sites is 5. The largest absolute Gasteiger partial charge is 0.309 e. The molecule has 0 unspecified atom stereocenters. The predicted octanol–water partition coefficient (Wildman–Crippen LogP) is 14.0. The number of benzene rings is 9. The molecule has 0 amide bonds. The van der Waals surface area contributed by atoms with Crippen LogP contribution < -0.4 is 0 Å². The van der Waals surface area contributed by atoms with Crippen LogP contribution in [0.25, 0.3) is 99.1 Å². The Labute approximate surface area is 313 Å². The van der Waals surface area contributed by atoms with Gasteiger partial charge in [-0.05, 0) is 81.6 Å². The maximum atomic E-state index is 2.46. The van der Waals surface area contributed by atoms with Crippen molar-refractivity contribution in [3.8, 4) is 44.8 Å². The van der Waals surface area contributed by atoms with Gasteiger partial charge in [-0.25, -0.2) is 0 Å². The van der Waals surface area contributed by atoms with Crippen LogP contribution in [0.5, 0.6) is 0 Å². The van der Waals surface area contributed by atoms with Gasteiger partial charge in [-0.3, -0.25) is 0 Å². The lowest BCUT2D eigenvalue weighted by Gasteiger charge is -2.18. The fourth-order valence-corrected chi connectivity index (χ4v) is 8.71. The van der Waals surface area contributed by atoms with Gasteiger partial charge in [0.05, 0.1) is 27.8 Å². The van der Waals surface area contributed by atoms with Gasteiger partial charge >= 0.3 is 0 Å².